The highest BCUT2D eigenvalue weighted by Gasteiger charge is 2.31. The van der Waals surface area contributed by atoms with Crippen LogP contribution in [-0.4, -0.2) is 52.7 Å². The molecule has 10 heteroatoms. The molecule has 0 aliphatic carbocycles. The Labute approximate surface area is 140 Å². The average molecular weight is 375 g/mol. The SMILES string of the molecule is CC(=O)COC(=O)c1ccc(S(=O)(=O)NC2CCS(=O)(=O)C2)cc1. The summed E-state index contributed by atoms with van der Waals surface area (Å²) in [5.41, 5.74) is 0.110. The van der Waals surface area contributed by atoms with E-state index in [2.05, 4.69) is 4.72 Å². The summed E-state index contributed by atoms with van der Waals surface area (Å²) in [6.45, 7) is 0.925. The van der Waals surface area contributed by atoms with E-state index in [1.807, 2.05) is 0 Å². The molecule has 1 saturated heterocycles. The predicted molar refractivity (Wildman–Crippen MR) is 84.8 cm³/mol. The molecule has 0 amide bonds. The van der Waals surface area contributed by atoms with Crippen LogP contribution in [0.3, 0.4) is 0 Å². The van der Waals surface area contributed by atoms with E-state index in [1.165, 1.54) is 31.2 Å². The van der Waals surface area contributed by atoms with Crippen LogP contribution in [0, 0.1) is 0 Å². The molecule has 1 aromatic rings. The monoisotopic (exact) mass is 375 g/mol. The minimum Gasteiger partial charge on any atom is -0.454 e. The summed E-state index contributed by atoms with van der Waals surface area (Å²) in [5, 5.41) is 0. The van der Waals surface area contributed by atoms with Crippen LogP contribution < -0.4 is 4.72 Å². The summed E-state index contributed by atoms with van der Waals surface area (Å²) in [6, 6.07) is 4.32. The second-order valence-electron chi connectivity index (χ2n) is 5.52. The molecule has 1 heterocycles. The van der Waals surface area contributed by atoms with E-state index in [0.717, 1.165) is 0 Å². The summed E-state index contributed by atoms with van der Waals surface area (Å²) in [5.74, 6) is -1.30. The van der Waals surface area contributed by atoms with Gasteiger partial charge in [-0.1, -0.05) is 0 Å². The number of hydrogen-bond donors (Lipinski definition) is 1. The second kappa shape index (κ2) is 6.99. The number of nitrogens with one attached hydrogen (secondary N) is 1. The van der Waals surface area contributed by atoms with Crippen molar-refractivity contribution in [2.45, 2.75) is 24.3 Å². The number of sulfone groups is 1. The average Bonchev–Trinajstić information content (AvgIpc) is 2.83. The first kappa shape index (κ1) is 18.6. The van der Waals surface area contributed by atoms with Crippen LogP contribution in [0.2, 0.25) is 0 Å². The lowest BCUT2D eigenvalue weighted by molar-refractivity contribution is -0.120. The fraction of sp³-hybridized carbons (Fsp3) is 0.429. The summed E-state index contributed by atoms with van der Waals surface area (Å²) >= 11 is 0. The van der Waals surface area contributed by atoms with E-state index < -0.39 is 31.9 Å². The molecule has 0 spiro atoms. The van der Waals surface area contributed by atoms with Crippen LogP contribution in [0.5, 0.6) is 0 Å². The van der Waals surface area contributed by atoms with Crippen LogP contribution in [0.15, 0.2) is 29.2 Å². The van der Waals surface area contributed by atoms with Gasteiger partial charge in [-0.2, -0.15) is 0 Å². The van der Waals surface area contributed by atoms with Crippen molar-refractivity contribution >= 4 is 31.6 Å². The maximum absolute atomic E-state index is 12.2. The number of ether oxygens (including phenoxy) is 1. The molecule has 24 heavy (non-hydrogen) atoms. The maximum Gasteiger partial charge on any atom is 0.338 e. The molecule has 0 bridgehead atoms. The van der Waals surface area contributed by atoms with Gasteiger partial charge in [0.05, 0.1) is 22.0 Å². The van der Waals surface area contributed by atoms with Gasteiger partial charge in [-0.25, -0.2) is 26.4 Å². The van der Waals surface area contributed by atoms with Gasteiger partial charge in [-0.3, -0.25) is 4.79 Å². The third-order valence-corrected chi connectivity index (χ3v) is 6.67. The Morgan fingerprint density at radius 1 is 1.25 bits per heavy atom. The number of hydrogen-bond acceptors (Lipinski definition) is 7. The number of ketones is 1. The Morgan fingerprint density at radius 3 is 2.38 bits per heavy atom. The number of rotatable bonds is 6. The number of sulfonamides is 1. The van der Waals surface area contributed by atoms with Crippen LogP contribution in [0.4, 0.5) is 0 Å². The molecule has 0 radical (unpaired) electrons. The van der Waals surface area contributed by atoms with Crippen molar-refractivity contribution in [1.82, 2.24) is 4.72 Å². The van der Waals surface area contributed by atoms with Crippen molar-refractivity contribution in [3.63, 3.8) is 0 Å². The zero-order valence-electron chi connectivity index (χ0n) is 12.9. The highest BCUT2D eigenvalue weighted by Crippen LogP contribution is 2.16. The highest BCUT2D eigenvalue weighted by atomic mass is 32.2. The smallest absolute Gasteiger partial charge is 0.338 e. The number of Topliss-reactive ketones (excluding diaryl/α,β-unsaturated/α-hetero) is 1. The summed E-state index contributed by atoms with van der Waals surface area (Å²) in [4.78, 5) is 22.3. The number of esters is 1. The van der Waals surface area contributed by atoms with Gasteiger partial charge in [-0.05, 0) is 37.6 Å². The molecule has 1 aliphatic rings. The number of benzene rings is 1. The van der Waals surface area contributed by atoms with Gasteiger partial charge in [0.2, 0.25) is 10.0 Å². The van der Waals surface area contributed by atoms with Crippen LogP contribution in [0.25, 0.3) is 0 Å². The van der Waals surface area contributed by atoms with E-state index in [1.54, 1.807) is 0 Å². The van der Waals surface area contributed by atoms with Gasteiger partial charge in [-0.15, -0.1) is 0 Å². The lowest BCUT2D eigenvalue weighted by Gasteiger charge is -2.12. The van der Waals surface area contributed by atoms with Crippen molar-refractivity contribution < 1.29 is 31.2 Å². The molecule has 1 atom stereocenters. The number of carbonyl (C=O) groups excluding carboxylic acids is 2. The zero-order chi connectivity index (χ0) is 18.0. The third-order valence-electron chi connectivity index (χ3n) is 3.36. The van der Waals surface area contributed by atoms with E-state index in [0.29, 0.717) is 0 Å². The van der Waals surface area contributed by atoms with E-state index >= 15 is 0 Å². The van der Waals surface area contributed by atoms with Crippen molar-refractivity contribution in [3.8, 4) is 0 Å². The van der Waals surface area contributed by atoms with Crippen molar-refractivity contribution in [3.05, 3.63) is 29.8 Å². The molecule has 1 unspecified atom stereocenters. The largest absolute Gasteiger partial charge is 0.454 e. The van der Waals surface area contributed by atoms with Gasteiger partial charge in [0.15, 0.2) is 15.6 Å². The quantitative estimate of drug-likeness (QED) is 0.688. The van der Waals surface area contributed by atoms with Crippen LogP contribution in [-0.2, 0) is 29.4 Å². The van der Waals surface area contributed by atoms with Crippen LogP contribution in [0.1, 0.15) is 23.7 Å². The van der Waals surface area contributed by atoms with Gasteiger partial charge in [0, 0.05) is 6.04 Å². The summed E-state index contributed by atoms with van der Waals surface area (Å²) < 4.78 is 54.3. The molecule has 0 aromatic heterocycles. The number of carbonyl (C=O) groups is 2. The molecule has 1 fully saturated rings. The zero-order valence-corrected chi connectivity index (χ0v) is 14.5. The minimum atomic E-state index is -3.88. The first-order valence-corrected chi connectivity index (χ1v) is 10.4. The van der Waals surface area contributed by atoms with Crippen molar-refractivity contribution in [1.29, 1.82) is 0 Å². The fourth-order valence-electron chi connectivity index (χ4n) is 2.20. The van der Waals surface area contributed by atoms with Crippen LogP contribution >= 0.6 is 0 Å². The molecular weight excluding hydrogens is 358 g/mol. The molecule has 132 valence electrons. The maximum atomic E-state index is 12.2. The Balaban J connectivity index is 2.06. The molecule has 8 nitrogen and oxygen atoms in total. The van der Waals surface area contributed by atoms with Gasteiger partial charge >= 0.3 is 5.97 Å². The second-order valence-corrected chi connectivity index (χ2v) is 9.47. The molecular formula is C14H17NO7S2. The third kappa shape index (κ3) is 4.86. The standard InChI is InChI=1S/C14H17NO7S2/c1-10(16)8-22-14(17)11-2-4-13(5-3-11)24(20,21)15-12-6-7-23(18,19)9-12/h2-5,12,15H,6-9H2,1H3. The van der Waals surface area contributed by atoms with Gasteiger partial charge in [0.25, 0.3) is 0 Å². The van der Waals surface area contributed by atoms with E-state index in [9.17, 15) is 26.4 Å². The van der Waals surface area contributed by atoms with E-state index in [-0.39, 0.29) is 40.8 Å². The lowest BCUT2D eigenvalue weighted by atomic mass is 10.2. The van der Waals surface area contributed by atoms with Crippen molar-refractivity contribution in [2.24, 2.45) is 0 Å². The fourth-order valence-corrected chi connectivity index (χ4v) is 5.25. The first-order chi connectivity index (χ1) is 11.1. The summed E-state index contributed by atoms with van der Waals surface area (Å²) in [6.07, 6.45) is 0.233. The van der Waals surface area contributed by atoms with Gasteiger partial charge in [0.1, 0.15) is 6.61 Å². The minimum absolute atomic E-state index is 0.0406. The Hall–Kier alpha value is -1.78. The van der Waals surface area contributed by atoms with E-state index in [4.69, 9.17) is 4.74 Å². The van der Waals surface area contributed by atoms with Crippen molar-refractivity contribution in [2.75, 3.05) is 18.1 Å². The van der Waals surface area contributed by atoms with Gasteiger partial charge < -0.3 is 4.74 Å². The molecule has 1 aromatic carbocycles. The normalized spacial score (nSPS) is 19.8. The molecule has 1 N–H and O–H groups in total. The molecule has 1 aliphatic heterocycles. The first-order valence-electron chi connectivity index (χ1n) is 7.08. The highest BCUT2D eigenvalue weighted by molar-refractivity contribution is 7.92. The summed E-state index contributed by atoms with van der Waals surface area (Å²) in [7, 11) is -7.08. The lowest BCUT2D eigenvalue weighted by Crippen LogP contribution is -2.35. The predicted octanol–water partition coefficient (Wildman–Crippen LogP) is -0.102. The molecule has 0 saturated carbocycles. The molecule has 2 rings (SSSR count). The topological polar surface area (TPSA) is 124 Å². The Kier molecular flexibility index (Phi) is 5.41. The Morgan fingerprint density at radius 2 is 1.88 bits per heavy atom. The Bertz CT molecular complexity index is 842.